The molecule has 2 aromatic rings. The maximum Gasteiger partial charge on any atom is 0.408 e. The van der Waals surface area contributed by atoms with Gasteiger partial charge in [-0.05, 0) is 69.4 Å². The summed E-state index contributed by atoms with van der Waals surface area (Å²) in [5.41, 5.74) is -1.73. The molecule has 2 aromatic carbocycles. The van der Waals surface area contributed by atoms with Gasteiger partial charge >= 0.3 is 12.1 Å². The first-order valence-corrected chi connectivity index (χ1v) is 19.4. The standard InChI is InChI=1S/C42H59N5O9/c1-8-18-31(44-36(50)32(25-27(2)3)45-37(51)34(28-19-12-9-13-20-28)46-40(54)56-41(4,5)6)35(49)38(52)43-26-33(48)47-42(39(53)55-7,29-21-14-10-15-22-29)30-23-16-11-17-24-30/h10-11,14-17,21-24,27-28,31-32,34H,8-9,12-13,18-20,25-26H2,1-7H3,(H,43,52)(H,44,50)(H,45,51)(H,46,54)(H,47,48)/t31?,32-,34?/m0/s1. The molecule has 1 fully saturated rings. The summed E-state index contributed by atoms with van der Waals surface area (Å²) < 4.78 is 10.6. The molecule has 0 aromatic heterocycles. The Labute approximate surface area is 330 Å². The number of methoxy groups -OCH3 is 1. The minimum absolute atomic E-state index is 0.0518. The molecule has 5 amide bonds. The van der Waals surface area contributed by atoms with Gasteiger partial charge < -0.3 is 36.1 Å². The topological polar surface area (TPSA) is 198 Å². The Bertz CT molecular complexity index is 1610. The molecule has 14 heteroatoms. The lowest BCUT2D eigenvalue weighted by atomic mass is 9.82. The van der Waals surface area contributed by atoms with Gasteiger partial charge in [-0.25, -0.2) is 9.59 Å². The Hall–Kier alpha value is -5.27. The van der Waals surface area contributed by atoms with Crippen LogP contribution >= 0.6 is 0 Å². The highest BCUT2D eigenvalue weighted by Gasteiger charge is 2.45. The molecule has 14 nitrogen and oxygen atoms in total. The van der Waals surface area contributed by atoms with Crippen molar-refractivity contribution >= 4 is 41.5 Å². The van der Waals surface area contributed by atoms with Crippen LogP contribution in [0.25, 0.3) is 0 Å². The van der Waals surface area contributed by atoms with Crippen molar-refractivity contribution in [2.24, 2.45) is 11.8 Å². The lowest BCUT2D eigenvalue weighted by Crippen LogP contribution is -2.59. The van der Waals surface area contributed by atoms with Gasteiger partial charge in [0, 0.05) is 0 Å². The van der Waals surface area contributed by atoms with Gasteiger partial charge in [0.15, 0.2) is 5.54 Å². The number of esters is 1. The monoisotopic (exact) mass is 777 g/mol. The van der Waals surface area contributed by atoms with Crippen LogP contribution in [0.15, 0.2) is 60.7 Å². The number of nitrogens with one attached hydrogen (secondary N) is 5. The average molecular weight is 778 g/mol. The highest BCUT2D eigenvalue weighted by atomic mass is 16.6. The van der Waals surface area contributed by atoms with Crippen LogP contribution in [0.2, 0.25) is 0 Å². The van der Waals surface area contributed by atoms with Crippen LogP contribution in [0.4, 0.5) is 4.79 Å². The van der Waals surface area contributed by atoms with E-state index in [2.05, 4.69) is 26.6 Å². The Morgan fingerprint density at radius 2 is 1.32 bits per heavy atom. The minimum atomic E-state index is -1.77. The number of ketones is 1. The Kier molecular flexibility index (Phi) is 17.0. The predicted molar refractivity (Wildman–Crippen MR) is 210 cm³/mol. The zero-order valence-corrected chi connectivity index (χ0v) is 33.7. The van der Waals surface area contributed by atoms with Crippen LogP contribution in [-0.2, 0) is 43.8 Å². The van der Waals surface area contributed by atoms with Crippen LogP contribution < -0.4 is 26.6 Å². The van der Waals surface area contributed by atoms with Crippen LogP contribution in [0.1, 0.15) is 104 Å². The molecule has 0 bridgehead atoms. The summed E-state index contributed by atoms with van der Waals surface area (Å²) in [6.07, 6.45) is 4.26. The molecule has 1 aliphatic carbocycles. The van der Waals surface area contributed by atoms with Crippen molar-refractivity contribution < 1.29 is 43.0 Å². The van der Waals surface area contributed by atoms with Crippen molar-refractivity contribution in [3.8, 4) is 0 Å². The van der Waals surface area contributed by atoms with Crippen molar-refractivity contribution in [3.05, 3.63) is 71.8 Å². The van der Waals surface area contributed by atoms with E-state index >= 15 is 0 Å². The van der Waals surface area contributed by atoms with E-state index in [0.29, 0.717) is 17.5 Å². The van der Waals surface area contributed by atoms with Crippen molar-refractivity contribution in [1.82, 2.24) is 26.6 Å². The number of benzene rings is 2. The minimum Gasteiger partial charge on any atom is -0.467 e. The second-order valence-electron chi connectivity index (χ2n) is 15.6. The Morgan fingerprint density at radius 3 is 1.82 bits per heavy atom. The maximum atomic E-state index is 13.8. The van der Waals surface area contributed by atoms with E-state index in [1.165, 1.54) is 7.11 Å². The fourth-order valence-corrected chi connectivity index (χ4v) is 6.88. The van der Waals surface area contributed by atoms with Crippen LogP contribution in [-0.4, -0.2) is 78.9 Å². The van der Waals surface area contributed by atoms with E-state index in [9.17, 15) is 33.6 Å². The molecular weight excluding hydrogens is 718 g/mol. The van der Waals surface area contributed by atoms with Crippen LogP contribution in [0, 0.1) is 11.8 Å². The maximum absolute atomic E-state index is 13.8. The number of amides is 5. The Balaban J connectivity index is 1.75. The van der Waals surface area contributed by atoms with E-state index < -0.39 is 77.3 Å². The summed E-state index contributed by atoms with van der Waals surface area (Å²) in [7, 11) is 1.20. The second-order valence-corrected chi connectivity index (χ2v) is 15.6. The third-order valence-corrected chi connectivity index (χ3v) is 9.49. The molecule has 0 aliphatic heterocycles. The number of ether oxygens (including phenoxy) is 2. The zero-order valence-electron chi connectivity index (χ0n) is 33.7. The van der Waals surface area contributed by atoms with Gasteiger partial charge in [0.05, 0.1) is 19.7 Å². The summed E-state index contributed by atoms with van der Waals surface area (Å²) in [5, 5.41) is 13.2. The highest BCUT2D eigenvalue weighted by molar-refractivity contribution is 6.38. The summed E-state index contributed by atoms with van der Waals surface area (Å²) in [6, 6.07) is 13.7. The van der Waals surface area contributed by atoms with Gasteiger partial charge in [-0.3, -0.25) is 24.0 Å². The molecule has 306 valence electrons. The number of alkyl carbamates (subject to hydrolysis) is 1. The molecule has 0 radical (unpaired) electrons. The molecule has 0 heterocycles. The SMILES string of the molecule is CCCC(NC(=O)[C@H](CC(C)C)NC(=O)C(NC(=O)OC(C)(C)C)C1CCCCC1)C(=O)C(=O)NCC(=O)NC(C(=O)OC)(c1ccccc1)c1ccccc1. The number of Topliss-reactive ketones (excluding diaryl/α,β-unsaturated/α-hetero) is 1. The largest absolute Gasteiger partial charge is 0.467 e. The number of hydrogen-bond acceptors (Lipinski definition) is 9. The van der Waals surface area contributed by atoms with Gasteiger partial charge in [0.25, 0.3) is 5.91 Å². The predicted octanol–water partition coefficient (Wildman–Crippen LogP) is 4.19. The summed E-state index contributed by atoms with van der Waals surface area (Å²) >= 11 is 0. The van der Waals surface area contributed by atoms with Crippen LogP contribution in [0.5, 0.6) is 0 Å². The average Bonchev–Trinajstić information content (AvgIpc) is 3.17. The van der Waals surface area contributed by atoms with Crippen LogP contribution in [0.3, 0.4) is 0 Å². The first-order valence-electron chi connectivity index (χ1n) is 19.4. The van der Waals surface area contributed by atoms with E-state index in [1.807, 2.05) is 13.8 Å². The van der Waals surface area contributed by atoms with Gasteiger partial charge in [0.1, 0.15) is 17.7 Å². The zero-order chi connectivity index (χ0) is 41.5. The molecule has 0 saturated heterocycles. The van der Waals surface area contributed by atoms with Gasteiger partial charge in [-0.15, -0.1) is 0 Å². The van der Waals surface area contributed by atoms with E-state index in [-0.39, 0.29) is 24.7 Å². The molecule has 2 unspecified atom stereocenters. The van der Waals surface area contributed by atoms with E-state index in [4.69, 9.17) is 9.47 Å². The van der Waals surface area contributed by atoms with Gasteiger partial charge in [0.2, 0.25) is 23.5 Å². The van der Waals surface area contributed by atoms with Gasteiger partial charge in [-0.1, -0.05) is 107 Å². The highest BCUT2D eigenvalue weighted by Crippen LogP contribution is 2.31. The Morgan fingerprint density at radius 1 is 0.768 bits per heavy atom. The fraction of sp³-hybridized carbons (Fsp3) is 0.548. The van der Waals surface area contributed by atoms with Crippen molar-refractivity contribution in [3.63, 3.8) is 0 Å². The molecule has 0 spiro atoms. The number of carbonyl (C=O) groups excluding carboxylic acids is 7. The number of hydrogen-bond donors (Lipinski definition) is 5. The molecule has 1 saturated carbocycles. The third-order valence-electron chi connectivity index (χ3n) is 9.49. The first-order chi connectivity index (χ1) is 26.5. The summed E-state index contributed by atoms with van der Waals surface area (Å²) in [4.78, 5) is 94.0. The summed E-state index contributed by atoms with van der Waals surface area (Å²) in [5.74, 6) is -5.09. The van der Waals surface area contributed by atoms with Gasteiger partial charge in [-0.2, -0.15) is 0 Å². The first kappa shape index (κ1) is 45.1. The lowest BCUT2D eigenvalue weighted by Gasteiger charge is -2.33. The molecular formula is C42H59N5O9. The van der Waals surface area contributed by atoms with Crippen molar-refractivity contribution in [2.45, 2.75) is 122 Å². The number of carbonyl (C=O) groups is 7. The third kappa shape index (κ3) is 12.9. The number of rotatable bonds is 18. The summed E-state index contributed by atoms with van der Waals surface area (Å²) in [6.45, 7) is 10.0. The molecule has 3 rings (SSSR count). The fourth-order valence-electron chi connectivity index (χ4n) is 6.88. The second kappa shape index (κ2) is 21.1. The quantitative estimate of drug-likeness (QED) is 0.109. The normalized spacial score (nSPS) is 15.0. The lowest BCUT2D eigenvalue weighted by molar-refractivity contribution is -0.149. The van der Waals surface area contributed by atoms with E-state index in [1.54, 1.807) is 88.4 Å². The van der Waals surface area contributed by atoms with Crippen molar-refractivity contribution in [1.29, 1.82) is 0 Å². The molecule has 56 heavy (non-hydrogen) atoms. The smallest absolute Gasteiger partial charge is 0.408 e. The molecule has 1 aliphatic rings. The van der Waals surface area contributed by atoms with Crippen molar-refractivity contribution in [2.75, 3.05) is 13.7 Å². The molecule has 3 atom stereocenters. The molecule has 5 N–H and O–H groups in total. The van der Waals surface area contributed by atoms with E-state index in [0.717, 1.165) is 32.1 Å².